The summed E-state index contributed by atoms with van der Waals surface area (Å²) >= 11 is 0. The summed E-state index contributed by atoms with van der Waals surface area (Å²) in [4.78, 5) is 2.42. The predicted octanol–water partition coefficient (Wildman–Crippen LogP) is 14.9. The smallest absolute Gasteiger partial charge is 0.0454 e. The molecule has 0 amide bonds. The van der Waals surface area contributed by atoms with Gasteiger partial charge in [0.15, 0.2) is 0 Å². The highest BCUT2D eigenvalue weighted by Crippen LogP contribution is 2.56. The van der Waals surface area contributed by atoms with Gasteiger partial charge in [0.05, 0.1) is 0 Å². The highest BCUT2D eigenvalue weighted by Gasteiger charge is 2.46. The molecule has 0 radical (unpaired) electrons. The standard InChI is InChI=1S/C58H59N/c1-41-34-35-45-27-16-18-31-49(45)53(41)57(7,39-43-23-12-10-13-24-43)42(2)22-20-29-47-38-48(56(5,6)55(47,3)4)30-21-33-52-58(8,40-44-25-14-11-15-26-44)54-50-32-19-17-28-46(50)36-37-51(54)59(52)9/h10-38H,2,39-40H2,1,3-9H3/b22-20+,30-21+,47-29-,52-33+. The van der Waals surface area contributed by atoms with E-state index in [1.54, 1.807) is 0 Å². The van der Waals surface area contributed by atoms with Gasteiger partial charge in [0.25, 0.3) is 0 Å². The van der Waals surface area contributed by atoms with Crippen molar-refractivity contribution in [3.63, 3.8) is 0 Å². The van der Waals surface area contributed by atoms with Crippen LogP contribution in [-0.2, 0) is 23.7 Å². The Hall–Kier alpha value is -5.92. The van der Waals surface area contributed by atoms with Gasteiger partial charge < -0.3 is 4.90 Å². The number of benzene rings is 6. The molecule has 296 valence electrons. The second-order valence-corrected chi connectivity index (χ2v) is 18.5. The topological polar surface area (TPSA) is 3.24 Å². The van der Waals surface area contributed by atoms with Crippen LogP contribution in [0.1, 0.15) is 69.4 Å². The molecule has 1 aliphatic heterocycles. The van der Waals surface area contributed by atoms with E-state index in [4.69, 9.17) is 6.58 Å². The van der Waals surface area contributed by atoms with Crippen LogP contribution in [0.2, 0.25) is 0 Å². The van der Waals surface area contributed by atoms with Crippen molar-refractivity contribution in [3.05, 3.63) is 233 Å². The van der Waals surface area contributed by atoms with Crippen LogP contribution < -0.4 is 4.90 Å². The van der Waals surface area contributed by atoms with Gasteiger partial charge in [0.1, 0.15) is 0 Å². The Kier molecular flexibility index (Phi) is 10.4. The summed E-state index contributed by atoms with van der Waals surface area (Å²) in [7, 11) is 2.23. The number of likely N-dealkylation sites (N-methyl/N-ethyl adjacent to an activating group) is 1. The predicted molar refractivity (Wildman–Crippen MR) is 255 cm³/mol. The number of aryl methyl sites for hydroxylation is 1. The third kappa shape index (κ3) is 6.95. The number of nitrogens with zero attached hydrogens (tertiary/aromatic N) is 1. The monoisotopic (exact) mass is 769 g/mol. The van der Waals surface area contributed by atoms with Gasteiger partial charge in [-0.3, -0.25) is 0 Å². The zero-order valence-corrected chi connectivity index (χ0v) is 36.3. The molecule has 0 fully saturated rings. The summed E-state index contributed by atoms with van der Waals surface area (Å²) in [6.45, 7) is 21.4. The molecule has 59 heavy (non-hydrogen) atoms. The molecule has 2 aliphatic rings. The molecule has 1 heteroatoms. The molecule has 1 heterocycles. The number of fused-ring (bicyclic) bond motifs is 4. The van der Waals surface area contributed by atoms with Crippen LogP contribution in [0, 0.1) is 17.8 Å². The Morgan fingerprint density at radius 1 is 0.661 bits per heavy atom. The van der Waals surface area contributed by atoms with Gasteiger partial charge in [-0.15, -0.1) is 0 Å². The molecule has 0 N–H and O–H groups in total. The lowest BCUT2D eigenvalue weighted by Gasteiger charge is -2.38. The van der Waals surface area contributed by atoms with Crippen molar-refractivity contribution < 1.29 is 0 Å². The average molecular weight is 770 g/mol. The second kappa shape index (κ2) is 15.4. The van der Waals surface area contributed by atoms with E-state index in [0.29, 0.717) is 0 Å². The molecular weight excluding hydrogens is 711 g/mol. The fourth-order valence-electron chi connectivity index (χ4n) is 10.2. The van der Waals surface area contributed by atoms with E-state index in [2.05, 4.69) is 236 Å². The molecule has 2 atom stereocenters. The normalized spacial score (nSPS) is 20.9. The van der Waals surface area contributed by atoms with Crippen LogP contribution in [0.3, 0.4) is 0 Å². The van der Waals surface area contributed by atoms with E-state index in [0.717, 1.165) is 18.4 Å². The van der Waals surface area contributed by atoms with E-state index in [1.165, 1.54) is 71.9 Å². The first kappa shape index (κ1) is 39.9. The van der Waals surface area contributed by atoms with Gasteiger partial charge in [-0.25, -0.2) is 0 Å². The minimum absolute atomic E-state index is 0.0747. The van der Waals surface area contributed by atoms with Crippen LogP contribution >= 0.6 is 0 Å². The zero-order valence-electron chi connectivity index (χ0n) is 36.3. The Morgan fingerprint density at radius 3 is 1.95 bits per heavy atom. The third-order valence-corrected chi connectivity index (χ3v) is 14.4. The van der Waals surface area contributed by atoms with Gasteiger partial charge in [0, 0.05) is 29.3 Å². The Balaban J connectivity index is 1.13. The van der Waals surface area contributed by atoms with Crippen LogP contribution in [0.4, 0.5) is 5.69 Å². The molecule has 0 spiro atoms. The van der Waals surface area contributed by atoms with E-state index >= 15 is 0 Å². The summed E-state index contributed by atoms with van der Waals surface area (Å²) in [5.41, 5.74) is 12.4. The molecule has 0 bridgehead atoms. The maximum atomic E-state index is 4.79. The fourth-order valence-corrected chi connectivity index (χ4v) is 10.2. The first-order valence-electron chi connectivity index (χ1n) is 21.3. The average Bonchev–Trinajstić information content (AvgIpc) is 3.54. The Morgan fingerprint density at radius 2 is 1.25 bits per heavy atom. The maximum Gasteiger partial charge on any atom is 0.0454 e. The maximum absolute atomic E-state index is 4.79. The molecule has 6 aromatic rings. The van der Waals surface area contributed by atoms with Gasteiger partial charge in [-0.1, -0.05) is 205 Å². The minimum atomic E-state index is -0.308. The first-order valence-corrected chi connectivity index (χ1v) is 21.3. The molecule has 0 saturated heterocycles. The number of allylic oxidation sites excluding steroid dienone is 11. The van der Waals surface area contributed by atoms with Crippen molar-refractivity contribution in [2.24, 2.45) is 10.8 Å². The first-order chi connectivity index (χ1) is 28.3. The number of hydrogen-bond acceptors (Lipinski definition) is 1. The lowest BCUT2D eigenvalue weighted by atomic mass is 9.65. The fraction of sp³-hybridized carbons (Fsp3) is 0.241. The van der Waals surface area contributed by atoms with Crippen molar-refractivity contribution >= 4 is 27.2 Å². The lowest BCUT2D eigenvalue weighted by Crippen LogP contribution is -2.30. The van der Waals surface area contributed by atoms with Gasteiger partial charge in [0.2, 0.25) is 0 Å². The van der Waals surface area contributed by atoms with Crippen molar-refractivity contribution in [3.8, 4) is 0 Å². The number of rotatable bonds is 10. The molecule has 2 unspecified atom stereocenters. The molecular formula is C58H59N. The molecule has 1 aliphatic carbocycles. The van der Waals surface area contributed by atoms with Crippen LogP contribution in [0.25, 0.3) is 21.5 Å². The summed E-state index contributed by atoms with van der Waals surface area (Å²) in [6.07, 6.45) is 18.1. The largest absolute Gasteiger partial charge is 0.347 e. The number of anilines is 1. The van der Waals surface area contributed by atoms with E-state index in [9.17, 15) is 0 Å². The van der Waals surface area contributed by atoms with Gasteiger partial charge in [-0.05, 0) is 116 Å². The highest BCUT2D eigenvalue weighted by atomic mass is 15.2. The van der Waals surface area contributed by atoms with Crippen molar-refractivity contribution in [1.29, 1.82) is 0 Å². The molecule has 8 rings (SSSR count). The molecule has 6 aromatic carbocycles. The third-order valence-electron chi connectivity index (χ3n) is 14.4. The SMILES string of the molecule is C=C(/C=C/C=C1C=C(/C=C/C=C2/N(C)c3ccc4ccccc4c3C2(C)Cc2ccccc2)C(C)(C)C/1(C)C)C(C)(Cc1ccccc1)c1c(C)ccc2ccccc12. The van der Waals surface area contributed by atoms with Gasteiger partial charge in [-0.2, -0.15) is 0 Å². The molecule has 0 aromatic heterocycles. The summed E-state index contributed by atoms with van der Waals surface area (Å²) < 4.78 is 0. The van der Waals surface area contributed by atoms with E-state index in [-0.39, 0.29) is 21.7 Å². The van der Waals surface area contributed by atoms with Crippen LogP contribution in [0.15, 0.2) is 205 Å². The molecule has 0 saturated carbocycles. The van der Waals surface area contributed by atoms with Crippen LogP contribution in [0.5, 0.6) is 0 Å². The Labute approximate surface area is 353 Å². The second-order valence-electron chi connectivity index (χ2n) is 18.5. The lowest BCUT2D eigenvalue weighted by molar-refractivity contribution is 0.226. The van der Waals surface area contributed by atoms with Crippen LogP contribution in [-0.4, -0.2) is 7.05 Å². The van der Waals surface area contributed by atoms with Gasteiger partial charge >= 0.3 is 0 Å². The highest BCUT2D eigenvalue weighted by molar-refractivity contribution is 5.95. The summed E-state index contributed by atoms with van der Waals surface area (Å²) in [5.74, 6) is 0. The van der Waals surface area contributed by atoms with E-state index < -0.39 is 0 Å². The van der Waals surface area contributed by atoms with Crippen molar-refractivity contribution in [1.82, 2.24) is 0 Å². The summed E-state index contributed by atoms with van der Waals surface area (Å²) in [6, 6.07) is 48.6. The minimum Gasteiger partial charge on any atom is -0.347 e. The molecule has 1 nitrogen and oxygen atoms in total. The summed E-state index contributed by atoms with van der Waals surface area (Å²) in [5, 5.41) is 5.19. The van der Waals surface area contributed by atoms with Crippen molar-refractivity contribution in [2.75, 3.05) is 11.9 Å². The Bertz CT molecular complexity index is 2720. The number of hydrogen-bond donors (Lipinski definition) is 0. The quantitative estimate of drug-likeness (QED) is 0.125. The van der Waals surface area contributed by atoms with E-state index in [1.807, 2.05) is 0 Å². The van der Waals surface area contributed by atoms with Crippen molar-refractivity contribution in [2.45, 2.75) is 72.1 Å². The zero-order chi connectivity index (χ0) is 41.6.